The minimum atomic E-state index is 0.644. The number of hydrogen-bond donors (Lipinski definition) is 0. The smallest absolute Gasteiger partial charge is 0.235 e. The largest absolute Gasteiger partial charge is 0.455 e. The number of fused-ring (bicyclic) bond motifs is 11. The number of aromatic nitrogens is 3. The lowest BCUT2D eigenvalue weighted by Crippen LogP contribution is -2.03. The van der Waals surface area contributed by atoms with Crippen molar-refractivity contribution in [2.75, 3.05) is 0 Å². The minimum Gasteiger partial charge on any atom is -0.455 e. The van der Waals surface area contributed by atoms with E-state index in [0.29, 0.717) is 5.95 Å². The molecule has 0 fully saturated rings. The lowest BCUT2D eigenvalue weighted by Gasteiger charge is -2.12. The van der Waals surface area contributed by atoms with E-state index in [0.717, 1.165) is 82.2 Å². The fraction of sp³-hybridized carbons (Fsp3) is 0. The van der Waals surface area contributed by atoms with Gasteiger partial charge >= 0.3 is 0 Å². The van der Waals surface area contributed by atoms with Crippen molar-refractivity contribution in [1.82, 2.24) is 14.5 Å². The second-order valence-electron chi connectivity index (χ2n) is 11.8. The van der Waals surface area contributed by atoms with E-state index in [1.807, 2.05) is 12.1 Å². The van der Waals surface area contributed by atoms with Crippen molar-refractivity contribution in [2.45, 2.75) is 0 Å². The van der Waals surface area contributed by atoms with Gasteiger partial charge in [-0.05, 0) is 35.4 Å². The molecule has 0 aliphatic carbocycles. The summed E-state index contributed by atoms with van der Waals surface area (Å²) in [6, 6.07) is 52.9. The number of nitrogens with zero attached hydrogens (tertiary/aromatic N) is 3. The van der Waals surface area contributed by atoms with Gasteiger partial charge in [-0.15, -0.1) is 0 Å². The second kappa shape index (κ2) is 9.62. The normalized spacial score (nSPS) is 11.9. The Morgan fingerprint density at radius 2 is 1.11 bits per heavy atom. The van der Waals surface area contributed by atoms with Crippen LogP contribution in [0, 0.1) is 0 Å². The molecule has 0 atom stereocenters. The molecule has 0 spiro atoms. The highest BCUT2D eigenvalue weighted by molar-refractivity contribution is 6.36. The van der Waals surface area contributed by atoms with Crippen LogP contribution in [0.5, 0.6) is 0 Å². The summed E-state index contributed by atoms with van der Waals surface area (Å²) in [5.74, 6) is 0.644. The van der Waals surface area contributed by atoms with Gasteiger partial charge < -0.3 is 4.42 Å². The summed E-state index contributed by atoms with van der Waals surface area (Å²) in [6.07, 6.45) is 0. The zero-order valence-corrected chi connectivity index (χ0v) is 24.7. The Hall–Kier alpha value is -6.26. The van der Waals surface area contributed by atoms with Crippen LogP contribution < -0.4 is 0 Å². The third-order valence-corrected chi connectivity index (χ3v) is 9.19. The van der Waals surface area contributed by atoms with Crippen LogP contribution in [0.2, 0.25) is 0 Å². The zero-order chi connectivity index (χ0) is 30.2. The van der Waals surface area contributed by atoms with Crippen molar-refractivity contribution >= 4 is 65.4 Å². The molecule has 0 radical (unpaired) electrons. The third kappa shape index (κ3) is 3.55. The molecule has 0 saturated carbocycles. The van der Waals surface area contributed by atoms with E-state index in [9.17, 15) is 0 Å². The molecular weight excluding hydrogens is 562 g/mol. The average molecular weight is 588 g/mol. The van der Waals surface area contributed by atoms with Crippen LogP contribution in [0.3, 0.4) is 0 Å². The van der Waals surface area contributed by atoms with E-state index >= 15 is 0 Å². The van der Waals surface area contributed by atoms with E-state index in [4.69, 9.17) is 14.4 Å². The lowest BCUT2D eigenvalue weighted by atomic mass is 9.97. The fourth-order valence-electron chi connectivity index (χ4n) is 7.17. The van der Waals surface area contributed by atoms with Crippen LogP contribution >= 0.6 is 0 Å². The van der Waals surface area contributed by atoms with Gasteiger partial charge in [-0.3, -0.25) is 4.57 Å². The van der Waals surface area contributed by atoms with Gasteiger partial charge in [-0.1, -0.05) is 127 Å². The van der Waals surface area contributed by atoms with Gasteiger partial charge in [-0.25, -0.2) is 9.97 Å². The van der Waals surface area contributed by atoms with Gasteiger partial charge in [-0.2, -0.15) is 0 Å². The highest BCUT2D eigenvalue weighted by atomic mass is 16.3. The third-order valence-electron chi connectivity index (χ3n) is 9.19. The van der Waals surface area contributed by atoms with Crippen LogP contribution in [-0.4, -0.2) is 14.5 Å². The molecule has 0 saturated heterocycles. The summed E-state index contributed by atoms with van der Waals surface area (Å²) in [4.78, 5) is 10.6. The molecule has 214 valence electrons. The van der Waals surface area contributed by atoms with Crippen LogP contribution in [0.15, 0.2) is 156 Å². The summed E-state index contributed by atoms with van der Waals surface area (Å²) >= 11 is 0. The Bertz CT molecular complexity index is 2790. The predicted molar refractivity (Wildman–Crippen MR) is 190 cm³/mol. The first-order valence-corrected chi connectivity index (χ1v) is 15.5. The number of furan rings is 1. The molecule has 10 rings (SSSR count). The van der Waals surface area contributed by atoms with E-state index in [2.05, 4.69) is 144 Å². The van der Waals surface area contributed by atoms with Gasteiger partial charge in [0, 0.05) is 43.3 Å². The van der Waals surface area contributed by atoms with E-state index in [1.165, 1.54) is 5.56 Å². The molecule has 3 aromatic heterocycles. The average Bonchev–Trinajstić information content (AvgIpc) is 3.68. The quantitative estimate of drug-likeness (QED) is 0.207. The summed E-state index contributed by atoms with van der Waals surface area (Å²) < 4.78 is 8.98. The molecule has 10 aromatic rings. The zero-order valence-electron chi connectivity index (χ0n) is 24.7. The van der Waals surface area contributed by atoms with Crippen LogP contribution in [0.25, 0.3) is 93.8 Å². The van der Waals surface area contributed by atoms with Crippen molar-refractivity contribution in [1.29, 1.82) is 0 Å². The van der Waals surface area contributed by atoms with Gasteiger partial charge in [0.05, 0.1) is 22.2 Å². The van der Waals surface area contributed by atoms with Crippen molar-refractivity contribution in [2.24, 2.45) is 0 Å². The molecule has 0 N–H and O–H groups in total. The van der Waals surface area contributed by atoms with Crippen molar-refractivity contribution in [3.63, 3.8) is 0 Å². The molecule has 46 heavy (non-hydrogen) atoms. The number of benzene rings is 7. The van der Waals surface area contributed by atoms with Gasteiger partial charge in [0.2, 0.25) is 5.95 Å². The molecule has 4 heteroatoms. The fourth-order valence-corrected chi connectivity index (χ4v) is 7.17. The van der Waals surface area contributed by atoms with E-state index in [-0.39, 0.29) is 0 Å². The molecule has 0 unspecified atom stereocenters. The summed E-state index contributed by atoms with van der Waals surface area (Å²) in [7, 11) is 0. The summed E-state index contributed by atoms with van der Waals surface area (Å²) in [5.41, 5.74) is 9.12. The highest BCUT2D eigenvalue weighted by Crippen LogP contribution is 2.46. The summed E-state index contributed by atoms with van der Waals surface area (Å²) in [5, 5.41) is 7.68. The lowest BCUT2D eigenvalue weighted by molar-refractivity contribution is 0.673. The number of hydrogen-bond acceptors (Lipinski definition) is 3. The highest BCUT2D eigenvalue weighted by Gasteiger charge is 2.24. The molecule has 0 aliphatic heterocycles. The Morgan fingerprint density at radius 1 is 0.457 bits per heavy atom. The van der Waals surface area contributed by atoms with Crippen LogP contribution in [-0.2, 0) is 0 Å². The first kappa shape index (κ1) is 25.1. The van der Waals surface area contributed by atoms with Crippen LogP contribution in [0.1, 0.15) is 0 Å². The maximum atomic E-state index is 6.72. The first-order chi connectivity index (χ1) is 22.8. The number of para-hydroxylation sites is 2. The topological polar surface area (TPSA) is 43.9 Å². The molecule has 0 aliphatic rings. The molecule has 3 heterocycles. The SMILES string of the molecule is c1ccc(-c2ccc3oc4c5ccccc5c5c(c6ccccc6n5-c5nc(-c6ccccc6)c6ccccc6n5)c4c3c2)cc1. The maximum Gasteiger partial charge on any atom is 0.235 e. The molecule has 4 nitrogen and oxygen atoms in total. The second-order valence-corrected chi connectivity index (χ2v) is 11.8. The Kier molecular flexibility index (Phi) is 5.25. The van der Waals surface area contributed by atoms with Crippen LogP contribution in [0.4, 0.5) is 0 Å². The van der Waals surface area contributed by atoms with E-state index in [1.54, 1.807) is 0 Å². The standard InChI is InChI=1S/C42H25N3O/c1-3-13-26(14-4-1)28-23-24-36-33(25-28)38-37-32-20-10-12-22-35(32)45(40(37)29-17-7-8-18-30(29)41(38)46-36)42-43-34-21-11-9-19-31(34)39(44-42)27-15-5-2-6-16-27/h1-25H. The number of rotatable bonds is 3. The van der Waals surface area contributed by atoms with Gasteiger partial charge in [0.15, 0.2) is 0 Å². The Labute approximate surface area is 263 Å². The monoisotopic (exact) mass is 587 g/mol. The molecule has 7 aromatic carbocycles. The van der Waals surface area contributed by atoms with E-state index < -0.39 is 0 Å². The molecular formula is C42H25N3O. The summed E-state index contributed by atoms with van der Waals surface area (Å²) in [6.45, 7) is 0. The van der Waals surface area contributed by atoms with Gasteiger partial charge in [0.25, 0.3) is 0 Å². The minimum absolute atomic E-state index is 0.644. The van der Waals surface area contributed by atoms with Gasteiger partial charge in [0.1, 0.15) is 11.2 Å². The van der Waals surface area contributed by atoms with Crippen molar-refractivity contribution < 1.29 is 4.42 Å². The predicted octanol–water partition coefficient (Wildman–Crippen LogP) is 11.1. The first-order valence-electron chi connectivity index (χ1n) is 15.5. The molecule has 0 amide bonds. The van der Waals surface area contributed by atoms with Crippen molar-refractivity contribution in [3.8, 4) is 28.3 Å². The maximum absolute atomic E-state index is 6.72. The Morgan fingerprint density at radius 3 is 1.91 bits per heavy atom. The van der Waals surface area contributed by atoms with Crippen molar-refractivity contribution in [3.05, 3.63) is 152 Å². The molecule has 0 bridgehead atoms. The Balaban J connectivity index is 1.40.